The maximum absolute atomic E-state index is 3.72. The van der Waals surface area contributed by atoms with E-state index in [4.69, 9.17) is 0 Å². The van der Waals surface area contributed by atoms with E-state index < -0.39 is 0 Å². The van der Waals surface area contributed by atoms with Crippen molar-refractivity contribution in [2.75, 3.05) is 0 Å². The van der Waals surface area contributed by atoms with Crippen LogP contribution in [0.1, 0.15) is 23.4 Å². The first kappa shape index (κ1) is 6.47. The molecule has 1 aliphatic rings. The Kier molecular flexibility index (Phi) is 1.42. The molecule has 0 atom stereocenters. The molecule has 0 spiro atoms. The van der Waals surface area contributed by atoms with E-state index in [0.29, 0.717) is 0 Å². The Balaban J connectivity index is 2.49. The quantitative estimate of drug-likeness (QED) is 0.625. The van der Waals surface area contributed by atoms with E-state index in [1.54, 1.807) is 0 Å². The van der Waals surface area contributed by atoms with Gasteiger partial charge in [0.1, 0.15) is 0 Å². The predicted molar refractivity (Wildman–Crippen MR) is 48.2 cm³/mol. The number of nitrogens with one attached hydrogen (secondary N) is 1. The van der Waals surface area contributed by atoms with Crippen LogP contribution >= 0.6 is 0 Å². The second kappa shape index (κ2) is 2.42. The third-order valence-corrected chi connectivity index (χ3v) is 2.04. The van der Waals surface area contributed by atoms with Crippen LogP contribution in [0.3, 0.4) is 0 Å². The van der Waals surface area contributed by atoms with Gasteiger partial charge >= 0.3 is 0 Å². The molecule has 0 amide bonds. The first-order valence-electron chi connectivity index (χ1n) is 3.91. The molecule has 56 valence electrons. The highest BCUT2D eigenvalue weighted by molar-refractivity contribution is 5.58. The van der Waals surface area contributed by atoms with Crippen molar-refractivity contribution < 1.29 is 0 Å². The van der Waals surface area contributed by atoms with Gasteiger partial charge in [-0.15, -0.1) is 0 Å². The standard InChI is InChI=1S/C10H11N/c1-2-9-7-8-5-3-4-6-10(8)11-9/h2,4,6-7,11H,1,3,5H2. The fourth-order valence-corrected chi connectivity index (χ4v) is 1.44. The summed E-state index contributed by atoms with van der Waals surface area (Å²) in [5.74, 6) is 0. The molecule has 1 heterocycles. The fourth-order valence-electron chi connectivity index (χ4n) is 1.44. The summed E-state index contributed by atoms with van der Waals surface area (Å²) in [5, 5.41) is 0. The molecular formula is C10H11N. The number of allylic oxidation sites excluding steroid dienone is 1. The Morgan fingerprint density at radius 3 is 3.18 bits per heavy atom. The van der Waals surface area contributed by atoms with E-state index in [-0.39, 0.29) is 0 Å². The van der Waals surface area contributed by atoms with Crippen LogP contribution in [0.15, 0.2) is 18.7 Å². The van der Waals surface area contributed by atoms with Crippen LogP contribution in [-0.2, 0) is 6.42 Å². The van der Waals surface area contributed by atoms with Crippen molar-refractivity contribution in [2.24, 2.45) is 0 Å². The molecule has 0 aliphatic heterocycles. The third-order valence-electron chi connectivity index (χ3n) is 2.04. The molecule has 0 saturated heterocycles. The van der Waals surface area contributed by atoms with Gasteiger partial charge in [0, 0.05) is 11.4 Å². The topological polar surface area (TPSA) is 15.8 Å². The van der Waals surface area contributed by atoms with E-state index in [1.165, 1.54) is 17.7 Å². The van der Waals surface area contributed by atoms with Crippen LogP contribution in [-0.4, -0.2) is 4.98 Å². The minimum absolute atomic E-state index is 1.13. The van der Waals surface area contributed by atoms with E-state index in [2.05, 4.69) is 29.8 Å². The average molecular weight is 145 g/mol. The molecule has 1 nitrogen and oxygen atoms in total. The molecule has 1 aliphatic carbocycles. The number of aromatic nitrogens is 1. The van der Waals surface area contributed by atoms with Crippen molar-refractivity contribution in [2.45, 2.75) is 12.8 Å². The predicted octanol–water partition coefficient (Wildman–Crippen LogP) is 2.62. The summed E-state index contributed by atoms with van der Waals surface area (Å²) in [6.45, 7) is 3.72. The minimum atomic E-state index is 1.13. The van der Waals surface area contributed by atoms with Crippen molar-refractivity contribution in [1.29, 1.82) is 0 Å². The first-order valence-corrected chi connectivity index (χ1v) is 3.91. The van der Waals surface area contributed by atoms with Gasteiger partial charge in [0.05, 0.1) is 0 Å². The molecule has 1 aromatic heterocycles. The Bertz CT molecular complexity index is 305. The molecule has 0 fully saturated rings. The lowest BCUT2D eigenvalue weighted by Gasteiger charge is -2.01. The molecule has 0 saturated carbocycles. The third kappa shape index (κ3) is 1.03. The van der Waals surface area contributed by atoms with Gasteiger partial charge in [-0.05, 0) is 36.6 Å². The number of hydrogen-bond donors (Lipinski definition) is 1. The van der Waals surface area contributed by atoms with Gasteiger partial charge in [-0.3, -0.25) is 0 Å². The molecule has 1 aromatic rings. The molecule has 2 rings (SSSR count). The smallest absolute Gasteiger partial charge is 0.0414 e. The lowest BCUT2D eigenvalue weighted by Crippen LogP contribution is -1.88. The van der Waals surface area contributed by atoms with Crippen molar-refractivity contribution >= 4 is 12.2 Å². The second-order valence-electron chi connectivity index (χ2n) is 2.81. The Morgan fingerprint density at radius 1 is 1.55 bits per heavy atom. The lowest BCUT2D eigenvalue weighted by molar-refractivity contribution is 0.985. The Hall–Kier alpha value is -1.24. The molecule has 11 heavy (non-hydrogen) atoms. The van der Waals surface area contributed by atoms with Gasteiger partial charge < -0.3 is 4.98 Å². The van der Waals surface area contributed by atoms with Crippen LogP contribution in [0.2, 0.25) is 0 Å². The summed E-state index contributed by atoms with van der Waals surface area (Å²) in [7, 11) is 0. The van der Waals surface area contributed by atoms with Crippen molar-refractivity contribution in [1.82, 2.24) is 4.98 Å². The van der Waals surface area contributed by atoms with E-state index in [9.17, 15) is 0 Å². The monoisotopic (exact) mass is 145 g/mol. The van der Waals surface area contributed by atoms with Gasteiger partial charge in [-0.2, -0.15) is 0 Å². The second-order valence-corrected chi connectivity index (χ2v) is 2.81. The zero-order valence-electron chi connectivity index (χ0n) is 6.43. The SMILES string of the molecule is C=Cc1cc2c([nH]1)C=CCC2. The number of aryl methyl sites for hydroxylation is 1. The summed E-state index contributed by atoms with van der Waals surface area (Å²) in [4.78, 5) is 3.28. The van der Waals surface area contributed by atoms with Crippen LogP contribution in [0.5, 0.6) is 0 Å². The van der Waals surface area contributed by atoms with Crippen LogP contribution in [0.25, 0.3) is 12.2 Å². The van der Waals surface area contributed by atoms with Gasteiger partial charge in [-0.1, -0.05) is 12.7 Å². The highest BCUT2D eigenvalue weighted by atomic mass is 14.7. The fraction of sp³-hybridized carbons (Fsp3) is 0.200. The number of H-pyrrole nitrogens is 1. The highest BCUT2D eigenvalue weighted by Gasteiger charge is 2.05. The summed E-state index contributed by atoms with van der Waals surface area (Å²) in [6, 6.07) is 2.17. The summed E-state index contributed by atoms with van der Waals surface area (Å²) < 4.78 is 0. The van der Waals surface area contributed by atoms with E-state index >= 15 is 0 Å². The largest absolute Gasteiger partial charge is 0.355 e. The van der Waals surface area contributed by atoms with Crippen LogP contribution in [0, 0.1) is 0 Å². The first-order chi connectivity index (χ1) is 5.40. The van der Waals surface area contributed by atoms with Crippen LogP contribution < -0.4 is 0 Å². The molecule has 1 heteroatoms. The Labute approximate surface area is 66.4 Å². The van der Waals surface area contributed by atoms with Crippen molar-refractivity contribution in [3.8, 4) is 0 Å². The number of rotatable bonds is 1. The molecular weight excluding hydrogens is 134 g/mol. The number of hydrogen-bond acceptors (Lipinski definition) is 0. The number of fused-ring (bicyclic) bond motifs is 1. The normalized spacial score (nSPS) is 14.5. The van der Waals surface area contributed by atoms with Gasteiger partial charge in [0.15, 0.2) is 0 Å². The van der Waals surface area contributed by atoms with Crippen molar-refractivity contribution in [3.05, 3.63) is 35.7 Å². The van der Waals surface area contributed by atoms with E-state index in [0.717, 1.165) is 12.1 Å². The Morgan fingerprint density at radius 2 is 2.45 bits per heavy atom. The maximum Gasteiger partial charge on any atom is 0.0414 e. The zero-order valence-corrected chi connectivity index (χ0v) is 6.43. The zero-order chi connectivity index (χ0) is 7.68. The molecule has 0 bridgehead atoms. The average Bonchev–Trinajstić information content (AvgIpc) is 2.46. The van der Waals surface area contributed by atoms with Crippen molar-refractivity contribution in [3.63, 3.8) is 0 Å². The van der Waals surface area contributed by atoms with Gasteiger partial charge in [0.2, 0.25) is 0 Å². The summed E-state index contributed by atoms with van der Waals surface area (Å²) in [5.41, 5.74) is 3.80. The van der Waals surface area contributed by atoms with E-state index in [1.807, 2.05) is 6.08 Å². The van der Waals surface area contributed by atoms with Crippen LogP contribution in [0.4, 0.5) is 0 Å². The summed E-state index contributed by atoms with van der Waals surface area (Å²) >= 11 is 0. The summed E-state index contributed by atoms with van der Waals surface area (Å²) in [6.07, 6.45) is 8.53. The number of aromatic amines is 1. The maximum atomic E-state index is 3.72. The lowest BCUT2D eigenvalue weighted by atomic mass is 10.0. The van der Waals surface area contributed by atoms with Gasteiger partial charge in [0.25, 0.3) is 0 Å². The molecule has 0 radical (unpaired) electrons. The van der Waals surface area contributed by atoms with Gasteiger partial charge in [-0.25, -0.2) is 0 Å². The minimum Gasteiger partial charge on any atom is -0.355 e. The molecule has 0 unspecified atom stereocenters. The highest BCUT2D eigenvalue weighted by Crippen LogP contribution is 2.19. The molecule has 0 aromatic carbocycles. The molecule has 1 N–H and O–H groups in total.